The lowest BCUT2D eigenvalue weighted by atomic mass is 10.5. The smallest absolute Gasteiger partial charge is 0.267 e. The van der Waals surface area contributed by atoms with E-state index in [9.17, 15) is 4.79 Å². The molecule has 0 aliphatic rings. The van der Waals surface area contributed by atoms with Crippen molar-refractivity contribution in [2.45, 2.75) is 13.1 Å². The van der Waals surface area contributed by atoms with Gasteiger partial charge in [0.15, 0.2) is 0 Å². The first kappa shape index (κ1) is 10.1. The molecule has 15 heavy (non-hydrogen) atoms. The number of aromatic nitrogens is 4. The lowest BCUT2D eigenvalue weighted by molar-refractivity contribution is 0.556. The van der Waals surface area contributed by atoms with Crippen molar-refractivity contribution < 1.29 is 0 Å². The summed E-state index contributed by atoms with van der Waals surface area (Å²) in [4.78, 5) is 19.4. The summed E-state index contributed by atoms with van der Waals surface area (Å²) in [5.41, 5.74) is -0.0647. The third-order valence-corrected chi connectivity index (χ3v) is 2.56. The minimum atomic E-state index is -0.0647. The highest BCUT2D eigenvalue weighted by molar-refractivity contribution is 9.10. The van der Waals surface area contributed by atoms with E-state index in [-0.39, 0.29) is 5.56 Å². The van der Waals surface area contributed by atoms with Gasteiger partial charge in [0.2, 0.25) is 0 Å². The van der Waals surface area contributed by atoms with Crippen molar-refractivity contribution in [3.05, 3.63) is 46.1 Å². The Morgan fingerprint density at radius 2 is 2.13 bits per heavy atom. The predicted octanol–water partition coefficient (Wildman–Crippen LogP) is 0.902. The van der Waals surface area contributed by atoms with Crippen LogP contribution in [0.1, 0.15) is 0 Å². The van der Waals surface area contributed by atoms with Crippen LogP contribution in [-0.2, 0) is 13.1 Å². The third-order valence-electron chi connectivity index (χ3n) is 2.02. The van der Waals surface area contributed by atoms with Crippen molar-refractivity contribution in [2.75, 3.05) is 0 Å². The van der Waals surface area contributed by atoms with Crippen LogP contribution in [0.3, 0.4) is 0 Å². The van der Waals surface area contributed by atoms with Gasteiger partial charge in [0.25, 0.3) is 5.56 Å². The zero-order valence-electron chi connectivity index (χ0n) is 7.88. The van der Waals surface area contributed by atoms with E-state index < -0.39 is 0 Å². The summed E-state index contributed by atoms with van der Waals surface area (Å²) in [7, 11) is 0. The molecule has 0 saturated heterocycles. The Morgan fingerprint density at radius 3 is 2.87 bits per heavy atom. The molecule has 78 valence electrons. The Bertz CT molecular complexity index is 491. The van der Waals surface area contributed by atoms with Gasteiger partial charge in [-0.3, -0.25) is 9.36 Å². The summed E-state index contributed by atoms with van der Waals surface area (Å²) in [6.45, 7) is 1.29. The van der Waals surface area contributed by atoms with Crippen LogP contribution in [0.25, 0.3) is 0 Å². The number of imidazole rings is 1. The maximum atomic E-state index is 11.6. The highest BCUT2D eigenvalue weighted by Gasteiger charge is 2.00. The van der Waals surface area contributed by atoms with Crippen molar-refractivity contribution in [2.24, 2.45) is 0 Å². The van der Waals surface area contributed by atoms with Crippen molar-refractivity contribution in [3.63, 3.8) is 0 Å². The summed E-state index contributed by atoms with van der Waals surface area (Å²) in [5.74, 6) is 0. The third kappa shape index (κ3) is 2.33. The Labute approximate surface area is 94.5 Å². The molecule has 0 radical (unpaired) electrons. The monoisotopic (exact) mass is 268 g/mol. The first-order valence-corrected chi connectivity index (χ1v) is 5.22. The van der Waals surface area contributed by atoms with E-state index in [4.69, 9.17) is 0 Å². The molecule has 0 amide bonds. The Kier molecular flexibility index (Phi) is 2.96. The van der Waals surface area contributed by atoms with E-state index in [0.29, 0.717) is 17.6 Å². The number of hydrogen-bond donors (Lipinski definition) is 0. The van der Waals surface area contributed by atoms with E-state index in [1.165, 1.54) is 12.5 Å². The van der Waals surface area contributed by atoms with Gasteiger partial charge in [-0.15, -0.1) is 0 Å². The van der Waals surface area contributed by atoms with Crippen molar-refractivity contribution in [1.82, 2.24) is 19.1 Å². The summed E-state index contributed by atoms with van der Waals surface area (Å²) in [6, 6.07) is 0. The molecule has 6 heteroatoms. The zero-order valence-corrected chi connectivity index (χ0v) is 9.46. The molecule has 0 fully saturated rings. The molecule has 2 rings (SSSR count). The highest BCUT2D eigenvalue weighted by Crippen LogP contribution is 1.98. The van der Waals surface area contributed by atoms with E-state index in [0.717, 1.165) is 0 Å². The van der Waals surface area contributed by atoms with Crippen LogP contribution in [0.4, 0.5) is 0 Å². The molecule has 2 heterocycles. The topological polar surface area (TPSA) is 52.7 Å². The van der Waals surface area contributed by atoms with Crippen molar-refractivity contribution in [3.8, 4) is 0 Å². The molecule has 2 aromatic heterocycles. The fraction of sp³-hybridized carbons (Fsp3) is 0.222. The number of nitrogens with zero attached hydrogens (tertiary/aromatic N) is 4. The average molecular weight is 269 g/mol. The van der Waals surface area contributed by atoms with Gasteiger partial charge in [0.05, 0.1) is 12.7 Å². The summed E-state index contributed by atoms with van der Waals surface area (Å²) in [5, 5.41) is 0. The van der Waals surface area contributed by atoms with Crippen LogP contribution in [0, 0.1) is 0 Å². The molecule has 0 bridgehead atoms. The number of aryl methyl sites for hydroxylation is 2. The first-order valence-electron chi connectivity index (χ1n) is 4.43. The van der Waals surface area contributed by atoms with Crippen LogP contribution in [0.2, 0.25) is 0 Å². The summed E-state index contributed by atoms with van der Waals surface area (Å²) >= 11 is 3.15. The van der Waals surface area contributed by atoms with E-state index in [1.807, 2.05) is 10.8 Å². The second kappa shape index (κ2) is 4.39. The zero-order chi connectivity index (χ0) is 10.7. The highest BCUT2D eigenvalue weighted by atomic mass is 79.9. The molecule has 0 atom stereocenters. The van der Waals surface area contributed by atoms with Gasteiger partial charge in [-0.2, -0.15) is 0 Å². The van der Waals surface area contributed by atoms with Gasteiger partial charge in [-0.1, -0.05) is 0 Å². The second-order valence-corrected chi connectivity index (χ2v) is 3.89. The molecule has 0 saturated carbocycles. The van der Waals surface area contributed by atoms with Gasteiger partial charge in [0, 0.05) is 31.7 Å². The largest absolute Gasteiger partial charge is 0.336 e. The normalized spacial score (nSPS) is 10.5. The van der Waals surface area contributed by atoms with Gasteiger partial charge >= 0.3 is 0 Å². The Hall–Kier alpha value is -1.43. The van der Waals surface area contributed by atoms with Crippen molar-refractivity contribution in [1.29, 1.82) is 0 Å². The van der Waals surface area contributed by atoms with Crippen LogP contribution in [0.5, 0.6) is 0 Å². The lowest BCUT2D eigenvalue weighted by Gasteiger charge is -2.05. The molecule has 0 N–H and O–H groups in total. The molecule has 0 unspecified atom stereocenters. The maximum Gasteiger partial charge on any atom is 0.267 e. The van der Waals surface area contributed by atoms with Crippen LogP contribution >= 0.6 is 15.9 Å². The average Bonchev–Trinajstić information content (AvgIpc) is 2.73. The fourth-order valence-corrected chi connectivity index (χ4v) is 1.57. The maximum absolute atomic E-state index is 11.6. The SMILES string of the molecule is O=c1c(Br)cncn1CCn1ccnc1. The Morgan fingerprint density at radius 1 is 1.27 bits per heavy atom. The molecule has 0 spiro atoms. The molecule has 0 aliphatic carbocycles. The summed E-state index contributed by atoms with van der Waals surface area (Å²) in [6.07, 6.45) is 8.31. The molecular weight excluding hydrogens is 260 g/mol. The van der Waals surface area contributed by atoms with Crippen LogP contribution in [0.15, 0.2) is 40.5 Å². The van der Waals surface area contributed by atoms with Gasteiger partial charge < -0.3 is 4.57 Å². The standard InChI is InChI=1S/C9H9BrN4O/c10-8-5-12-7-14(9(8)15)4-3-13-2-1-11-6-13/h1-2,5-7H,3-4H2. The van der Waals surface area contributed by atoms with Crippen molar-refractivity contribution >= 4 is 15.9 Å². The molecule has 5 nitrogen and oxygen atoms in total. The first-order chi connectivity index (χ1) is 7.27. The van der Waals surface area contributed by atoms with Gasteiger partial charge in [0.1, 0.15) is 4.47 Å². The lowest BCUT2D eigenvalue weighted by Crippen LogP contribution is -2.22. The number of halogens is 1. The predicted molar refractivity (Wildman–Crippen MR) is 58.4 cm³/mol. The number of hydrogen-bond acceptors (Lipinski definition) is 3. The van der Waals surface area contributed by atoms with Crippen LogP contribution < -0.4 is 5.56 Å². The molecule has 0 aliphatic heterocycles. The molecule has 0 aromatic carbocycles. The quantitative estimate of drug-likeness (QED) is 0.832. The van der Waals surface area contributed by atoms with Gasteiger partial charge in [-0.05, 0) is 15.9 Å². The van der Waals surface area contributed by atoms with Crippen LogP contribution in [-0.4, -0.2) is 19.1 Å². The fourth-order valence-electron chi connectivity index (χ4n) is 1.23. The molecular formula is C9H9BrN4O. The minimum Gasteiger partial charge on any atom is -0.336 e. The molecule has 2 aromatic rings. The Balaban J connectivity index is 2.12. The van der Waals surface area contributed by atoms with E-state index in [1.54, 1.807) is 17.1 Å². The van der Waals surface area contributed by atoms with Gasteiger partial charge in [-0.25, -0.2) is 9.97 Å². The minimum absolute atomic E-state index is 0.0647. The number of rotatable bonds is 3. The van der Waals surface area contributed by atoms with E-state index in [2.05, 4.69) is 25.9 Å². The second-order valence-electron chi connectivity index (χ2n) is 3.04. The van der Waals surface area contributed by atoms with E-state index >= 15 is 0 Å². The summed E-state index contributed by atoms with van der Waals surface area (Å²) < 4.78 is 3.95.